The molecule has 1 aliphatic heterocycles. The molecule has 0 spiro atoms. The molecular formula is C20H34N4O10S3. The summed E-state index contributed by atoms with van der Waals surface area (Å²) in [6.45, 7) is 0.834. The topological polar surface area (TPSA) is 174 Å². The number of hydrogen-bond acceptors (Lipinski definition) is 12. The Morgan fingerprint density at radius 2 is 1.46 bits per heavy atom. The first-order valence-electron chi connectivity index (χ1n) is 11.3. The van der Waals surface area contributed by atoms with Crippen molar-refractivity contribution in [2.75, 3.05) is 70.9 Å². The summed E-state index contributed by atoms with van der Waals surface area (Å²) in [6.07, 6.45) is 2.86. The molecule has 0 radical (unpaired) electrons. The summed E-state index contributed by atoms with van der Waals surface area (Å²) in [4.78, 5) is 14.0. The maximum absolute atomic E-state index is 13.8. The van der Waals surface area contributed by atoms with Crippen LogP contribution < -0.4 is 4.90 Å². The van der Waals surface area contributed by atoms with Gasteiger partial charge in [-0.3, -0.25) is 18.5 Å². The van der Waals surface area contributed by atoms with Gasteiger partial charge >= 0.3 is 0 Å². The Kier molecular flexibility index (Phi) is 10.4. The molecule has 1 aromatic rings. The zero-order valence-electron chi connectivity index (χ0n) is 21.5. The Hall–Kier alpha value is -1.89. The number of nitro benzene ring substituents is 1. The summed E-state index contributed by atoms with van der Waals surface area (Å²) in [5, 5.41) is 11.6. The third kappa shape index (κ3) is 9.12. The van der Waals surface area contributed by atoms with E-state index in [4.69, 9.17) is 8.37 Å². The molecule has 0 saturated carbocycles. The van der Waals surface area contributed by atoms with Gasteiger partial charge in [0.15, 0.2) is 0 Å². The standard InChI is InChI=1S/C20H34N4O10S3/c1-16-14-18(24(25)26)15-19(37(31,32)23-8-6-17(7-9-23)21(2)3)20(16)22(10-12-33-35(4,27)28)11-13-34-36(5,29)30/h14-15,17H,6-13H2,1-5H3. The summed E-state index contributed by atoms with van der Waals surface area (Å²) in [5.74, 6) is 0. The van der Waals surface area contributed by atoms with Crippen molar-refractivity contribution in [1.82, 2.24) is 9.21 Å². The van der Waals surface area contributed by atoms with E-state index in [1.165, 1.54) is 22.2 Å². The minimum absolute atomic E-state index is 0.0783. The van der Waals surface area contributed by atoms with Crippen LogP contribution in [0.4, 0.5) is 11.4 Å². The fourth-order valence-corrected chi connectivity index (χ4v) is 6.64. The molecule has 0 unspecified atom stereocenters. The third-order valence-corrected chi connectivity index (χ3v) is 8.97. The van der Waals surface area contributed by atoms with Crippen molar-refractivity contribution in [1.29, 1.82) is 0 Å². The maximum Gasteiger partial charge on any atom is 0.271 e. The molecular weight excluding hydrogens is 552 g/mol. The van der Waals surface area contributed by atoms with Gasteiger partial charge in [0.1, 0.15) is 4.90 Å². The van der Waals surface area contributed by atoms with Gasteiger partial charge in [-0.25, -0.2) is 8.42 Å². The zero-order valence-corrected chi connectivity index (χ0v) is 23.9. The quantitative estimate of drug-likeness (QED) is 0.177. The van der Waals surface area contributed by atoms with Gasteiger partial charge in [-0.05, 0) is 39.4 Å². The summed E-state index contributed by atoms with van der Waals surface area (Å²) in [7, 11) is -8.04. The van der Waals surface area contributed by atoms with Crippen LogP contribution in [-0.4, -0.2) is 111 Å². The van der Waals surface area contributed by atoms with Crippen molar-refractivity contribution in [3.05, 3.63) is 27.8 Å². The van der Waals surface area contributed by atoms with Crippen molar-refractivity contribution in [2.24, 2.45) is 0 Å². The van der Waals surface area contributed by atoms with Crippen molar-refractivity contribution in [3.8, 4) is 0 Å². The highest BCUT2D eigenvalue weighted by Crippen LogP contribution is 2.36. The van der Waals surface area contributed by atoms with Crippen molar-refractivity contribution in [3.63, 3.8) is 0 Å². The van der Waals surface area contributed by atoms with Crippen molar-refractivity contribution in [2.45, 2.75) is 30.7 Å². The molecule has 37 heavy (non-hydrogen) atoms. The zero-order chi connectivity index (χ0) is 28.2. The molecule has 0 aromatic heterocycles. The minimum atomic E-state index is -4.22. The fourth-order valence-electron chi connectivity index (χ4n) is 4.11. The number of sulfonamides is 1. The Morgan fingerprint density at radius 3 is 1.86 bits per heavy atom. The molecule has 1 heterocycles. The van der Waals surface area contributed by atoms with E-state index in [9.17, 15) is 35.4 Å². The summed E-state index contributed by atoms with van der Waals surface area (Å²) in [6, 6.07) is 2.36. The molecule has 212 valence electrons. The number of benzene rings is 1. The molecule has 0 N–H and O–H groups in total. The lowest BCUT2D eigenvalue weighted by Gasteiger charge is -2.35. The molecule has 0 atom stereocenters. The van der Waals surface area contributed by atoms with E-state index < -0.39 is 40.9 Å². The highest BCUT2D eigenvalue weighted by molar-refractivity contribution is 7.89. The summed E-state index contributed by atoms with van der Waals surface area (Å²) in [5.41, 5.74) is -0.119. The Bertz CT molecular complexity index is 1250. The molecule has 1 aliphatic rings. The van der Waals surface area contributed by atoms with E-state index in [1.54, 1.807) is 0 Å². The average molecular weight is 587 g/mol. The number of piperidine rings is 1. The molecule has 2 rings (SSSR count). The molecule has 14 nitrogen and oxygen atoms in total. The minimum Gasteiger partial charge on any atom is -0.365 e. The molecule has 0 bridgehead atoms. The van der Waals surface area contributed by atoms with Gasteiger partial charge in [0.05, 0.1) is 36.3 Å². The number of anilines is 1. The second-order valence-electron chi connectivity index (χ2n) is 9.00. The second-order valence-corrected chi connectivity index (χ2v) is 14.2. The molecule has 1 fully saturated rings. The predicted molar refractivity (Wildman–Crippen MR) is 137 cm³/mol. The molecule has 0 amide bonds. The van der Waals surface area contributed by atoms with Crippen molar-refractivity contribution < 1.29 is 38.5 Å². The maximum atomic E-state index is 13.8. The van der Waals surface area contributed by atoms with Gasteiger partial charge in [-0.1, -0.05) is 0 Å². The second kappa shape index (κ2) is 12.3. The number of aryl methyl sites for hydroxylation is 1. The molecule has 0 aliphatic carbocycles. The Morgan fingerprint density at radius 1 is 0.973 bits per heavy atom. The van der Waals surface area contributed by atoms with Crippen LogP contribution in [0.1, 0.15) is 18.4 Å². The smallest absolute Gasteiger partial charge is 0.271 e. The fraction of sp³-hybridized carbons (Fsp3) is 0.700. The van der Waals surface area contributed by atoms with E-state index in [0.717, 1.165) is 18.6 Å². The van der Waals surface area contributed by atoms with Gasteiger partial charge < -0.3 is 9.80 Å². The lowest BCUT2D eigenvalue weighted by atomic mass is 10.1. The van der Waals surface area contributed by atoms with Crippen molar-refractivity contribution >= 4 is 41.6 Å². The summed E-state index contributed by atoms with van der Waals surface area (Å²) < 4.78 is 84.3. The Labute approximate surface area is 218 Å². The van der Waals surface area contributed by atoms with Gasteiger partial charge in [-0.2, -0.15) is 21.1 Å². The number of nitrogens with zero attached hydrogens (tertiary/aromatic N) is 4. The highest BCUT2D eigenvalue weighted by Gasteiger charge is 2.35. The van der Waals surface area contributed by atoms with Gasteiger partial charge in [-0.15, -0.1) is 0 Å². The van der Waals surface area contributed by atoms with Gasteiger partial charge in [0, 0.05) is 44.4 Å². The van der Waals surface area contributed by atoms with Crippen LogP contribution in [0.2, 0.25) is 0 Å². The van der Waals surface area contributed by atoms with Crippen LogP contribution in [0.25, 0.3) is 0 Å². The van der Waals surface area contributed by atoms with Crippen LogP contribution in [-0.2, 0) is 38.6 Å². The highest BCUT2D eigenvalue weighted by atomic mass is 32.2. The SMILES string of the molecule is Cc1cc([N+](=O)[O-])cc(S(=O)(=O)N2CCC(N(C)C)CC2)c1N(CCOS(C)(=O)=O)CCOS(C)(=O)=O. The number of non-ortho nitro benzene ring substituents is 1. The molecule has 17 heteroatoms. The van der Waals surface area contributed by atoms with Crippen LogP contribution in [0.15, 0.2) is 17.0 Å². The number of nitro groups is 1. The molecule has 1 aromatic carbocycles. The van der Waals surface area contributed by atoms with Gasteiger partial charge in [0.25, 0.3) is 25.9 Å². The lowest BCUT2D eigenvalue weighted by Crippen LogP contribution is -2.45. The first-order valence-corrected chi connectivity index (χ1v) is 16.4. The third-order valence-electron chi connectivity index (χ3n) is 5.87. The largest absolute Gasteiger partial charge is 0.365 e. The van der Waals surface area contributed by atoms with E-state index >= 15 is 0 Å². The first kappa shape index (κ1) is 31.3. The van der Waals surface area contributed by atoms with Crippen LogP contribution in [0, 0.1) is 17.0 Å². The van der Waals surface area contributed by atoms with Crippen LogP contribution >= 0.6 is 0 Å². The number of rotatable bonds is 13. The van der Waals surface area contributed by atoms with E-state index in [1.807, 2.05) is 19.0 Å². The Balaban J connectivity index is 2.55. The predicted octanol–water partition coefficient (Wildman–Crippen LogP) is 0.377. The summed E-state index contributed by atoms with van der Waals surface area (Å²) >= 11 is 0. The van der Waals surface area contributed by atoms with E-state index in [-0.39, 0.29) is 61.6 Å². The van der Waals surface area contributed by atoms with Gasteiger partial charge in [0.2, 0.25) is 10.0 Å². The average Bonchev–Trinajstić information content (AvgIpc) is 2.76. The monoisotopic (exact) mass is 586 g/mol. The first-order chi connectivity index (χ1) is 16.9. The lowest BCUT2D eigenvalue weighted by molar-refractivity contribution is -0.385. The van der Waals surface area contributed by atoms with Crippen LogP contribution in [0.3, 0.4) is 0 Å². The van der Waals surface area contributed by atoms with E-state index in [2.05, 4.69) is 0 Å². The normalized spacial score (nSPS) is 16.3. The van der Waals surface area contributed by atoms with Crippen LogP contribution in [0.5, 0.6) is 0 Å². The number of hydrogen-bond donors (Lipinski definition) is 0. The van der Waals surface area contributed by atoms with E-state index in [0.29, 0.717) is 12.8 Å². The molecule has 1 saturated heterocycles.